The molecule has 0 bridgehead atoms. The summed E-state index contributed by atoms with van der Waals surface area (Å²) in [5, 5.41) is 13.3. The van der Waals surface area contributed by atoms with Gasteiger partial charge in [-0.1, -0.05) is 11.8 Å². The van der Waals surface area contributed by atoms with Crippen LogP contribution in [0.1, 0.15) is 5.82 Å². The normalized spacial score (nSPS) is 10.9. The zero-order valence-electron chi connectivity index (χ0n) is 8.97. The van der Waals surface area contributed by atoms with Crippen molar-refractivity contribution in [3.05, 3.63) is 5.82 Å². The first-order valence-electron chi connectivity index (χ1n) is 4.38. The van der Waals surface area contributed by atoms with E-state index in [0.29, 0.717) is 17.5 Å². The Morgan fingerprint density at radius 2 is 2.27 bits per heavy atom. The lowest BCUT2D eigenvalue weighted by atomic mass is 10.6. The van der Waals surface area contributed by atoms with E-state index >= 15 is 0 Å². The maximum Gasteiger partial charge on any atom is 0.313 e. The first-order chi connectivity index (χ1) is 6.99. The third-order valence-corrected chi connectivity index (χ3v) is 2.55. The van der Waals surface area contributed by atoms with Crippen LogP contribution < -0.4 is 0 Å². The Morgan fingerprint density at radius 3 is 2.80 bits per heavy atom. The molecule has 1 aromatic heterocycles. The molecule has 0 amide bonds. The number of aromatic nitrogens is 3. The van der Waals surface area contributed by atoms with Crippen LogP contribution in [-0.4, -0.2) is 50.6 Å². The topological polar surface area (TPSA) is 71.2 Å². The van der Waals surface area contributed by atoms with Crippen LogP contribution in [0.3, 0.4) is 0 Å². The molecule has 0 atom stereocenters. The Kier molecular flexibility index (Phi) is 4.10. The van der Waals surface area contributed by atoms with Gasteiger partial charge in [-0.3, -0.25) is 4.79 Å². The van der Waals surface area contributed by atoms with E-state index in [2.05, 4.69) is 10.1 Å². The molecule has 1 aromatic rings. The molecule has 0 unspecified atom stereocenters. The first-order valence-corrected chi connectivity index (χ1v) is 5.37. The standard InChI is InChI=1S/C8H14N4O2S/c1-11(2)4-6-9-8(12(3)10-6)15-5-7(13)14/h4-5H2,1-3H3,(H,13,14). The van der Waals surface area contributed by atoms with Crippen molar-refractivity contribution in [1.29, 1.82) is 0 Å². The first kappa shape index (κ1) is 12.0. The van der Waals surface area contributed by atoms with Crippen molar-refractivity contribution in [2.24, 2.45) is 7.05 Å². The summed E-state index contributed by atoms with van der Waals surface area (Å²) in [6.07, 6.45) is 0. The zero-order chi connectivity index (χ0) is 11.4. The maximum atomic E-state index is 10.4. The van der Waals surface area contributed by atoms with Crippen LogP contribution in [0.2, 0.25) is 0 Å². The Balaban J connectivity index is 2.64. The van der Waals surface area contributed by atoms with E-state index in [1.807, 2.05) is 19.0 Å². The molecular weight excluding hydrogens is 216 g/mol. The highest BCUT2D eigenvalue weighted by Crippen LogP contribution is 2.14. The molecular formula is C8H14N4O2S. The van der Waals surface area contributed by atoms with Gasteiger partial charge in [0.15, 0.2) is 11.0 Å². The smallest absolute Gasteiger partial charge is 0.313 e. The molecule has 0 aromatic carbocycles. The van der Waals surface area contributed by atoms with Crippen molar-refractivity contribution >= 4 is 17.7 Å². The summed E-state index contributed by atoms with van der Waals surface area (Å²) in [5.74, 6) is -0.138. The van der Waals surface area contributed by atoms with E-state index in [9.17, 15) is 4.79 Å². The molecule has 15 heavy (non-hydrogen) atoms. The molecule has 0 saturated heterocycles. The molecule has 7 heteroatoms. The number of rotatable bonds is 5. The number of thioether (sulfide) groups is 1. The molecule has 0 radical (unpaired) electrons. The van der Waals surface area contributed by atoms with Crippen molar-refractivity contribution in [3.8, 4) is 0 Å². The van der Waals surface area contributed by atoms with Gasteiger partial charge in [-0.15, -0.1) is 0 Å². The van der Waals surface area contributed by atoms with Crippen molar-refractivity contribution in [3.63, 3.8) is 0 Å². The van der Waals surface area contributed by atoms with Gasteiger partial charge in [-0.2, -0.15) is 5.10 Å². The van der Waals surface area contributed by atoms with Crippen LogP contribution in [0.15, 0.2) is 5.16 Å². The highest BCUT2D eigenvalue weighted by Gasteiger charge is 2.09. The fourth-order valence-electron chi connectivity index (χ4n) is 1.02. The van der Waals surface area contributed by atoms with Gasteiger partial charge in [0, 0.05) is 7.05 Å². The highest BCUT2D eigenvalue weighted by molar-refractivity contribution is 7.99. The number of aryl methyl sites for hydroxylation is 1. The van der Waals surface area contributed by atoms with E-state index in [4.69, 9.17) is 5.11 Å². The summed E-state index contributed by atoms with van der Waals surface area (Å²) < 4.78 is 1.60. The molecule has 1 N–H and O–H groups in total. The Morgan fingerprint density at radius 1 is 1.60 bits per heavy atom. The minimum atomic E-state index is -0.850. The number of carboxylic acid groups (broad SMARTS) is 1. The molecule has 0 aliphatic heterocycles. The van der Waals surface area contributed by atoms with Crippen LogP contribution in [0.5, 0.6) is 0 Å². The molecule has 0 fully saturated rings. The van der Waals surface area contributed by atoms with Gasteiger partial charge < -0.3 is 10.0 Å². The van der Waals surface area contributed by atoms with Gasteiger partial charge in [-0.05, 0) is 14.1 Å². The monoisotopic (exact) mass is 230 g/mol. The number of aliphatic carboxylic acids is 1. The number of carboxylic acids is 1. The average Bonchev–Trinajstić information content (AvgIpc) is 2.41. The molecule has 1 rings (SSSR count). The van der Waals surface area contributed by atoms with Gasteiger partial charge in [-0.25, -0.2) is 9.67 Å². The molecule has 0 aliphatic carbocycles. The number of carbonyl (C=O) groups is 1. The van der Waals surface area contributed by atoms with Gasteiger partial charge in [0.25, 0.3) is 0 Å². The summed E-state index contributed by atoms with van der Waals surface area (Å²) in [6, 6.07) is 0. The SMILES string of the molecule is CN(C)Cc1nc(SCC(=O)O)n(C)n1. The van der Waals surface area contributed by atoms with Crippen molar-refractivity contribution in [2.75, 3.05) is 19.8 Å². The summed E-state index contributed by atoms with van der Waals surface area (Å²) in [7, 11) is 5.62. The summed E-state index contributed by atoms with van der Waals surface area (Å²) in [6.45, 7) is 0.654. The predicted octanol–water partition coefficient (Wildman–Crippen LogP) is 0.0534. The van der Waals surface area contributed by atoms with E-state index in [1.165, 1.54) is 11.8 Å². The van der Waals surface area contributed by atoms with Gasteiger partial charge >= 0.3 is 5.97 Å². The van der Waals surface area contributed by atoms with Crippen LogP contribution in [-0.2, 0) is 18.4 Å². The Hall–Kier alpha value is -1.08. The molecule has 0 saturated carbocycles. The highest BCUT2D eigenvalue weighted by atomic mass is 32.2. The average molecular weight is 230 g/mol. The summed E-state index contributed by atoms with van der Waals surface area (Å²) in [5.41, 5.74) is 0. The third-order valence-electron chi connectivity index (χ3n) is 1.55. The van der Waals surface area contributed by atoms with Crippen molar-refractivity contribution in [1.82, 2.24) is 19.7 Å². The molecule has 84 valence electrons. The van der Waals surface area contributed by atoms with E-state index in [1.54, 1.807) is 11.7 Å². The van der Waals surface area contributed by atoms with Gasteiger partial charge in [0.2, 0.25) is 0 Å². The lowest BCUT2D eigenvalue weighted by molar-refractivity contribution is -0.133. The van der Waals surface area contributed by atoms with Crippen LogP contribution in [0, 0.1) is 0 Å². The Labute approximate surface area is 92.3 Å². The summed E-state index contributed by atoms with van der Waals surface area (Å²) >= 11 is 1.17. The fraction of sp³-hybridized carbons (Fsp3) is 0.625. The molecule has 0 aliphatic rings. The minimum Gasteiger partial charge on any atom is -0.481 e. The van der Waals surface area contributed by atoms with Crippen LogP contribution >= 0.6 is 11.8 Å². The third kappa shape index (κ3) is 3.88. The lowest BCUT2D eigenvalue weighted by Crippen LogP contribution is -2.12. The van der Waals surface area contributed by atoms with Crippen molar-refractivity contribution < 1.29 is 9.90 Å². The number of nitrogens with zero attached hydrogens (tertiary/aromatic N) is 4. The maximum absolute atomic E-state index is 10.4. The molecule has 1 heterocycles. The lowest BCUT2D eigenvalue weighted by Gasteiger charge is -2.03. The van der Waals surface area contributed by atoms with Gasteiger partial charge in [0.05, 0.1) is 12.3 Å². The van der Waals surface area contributed by atoms with E-state index in [-0.39, 0.29) is 5.75 Å². The Bertz CT molecular complexity index is 350. The largest absolute Gasteiger partial charge is 0.481 e. The quantitative estimate of drug-likeness (QED) is 0.721. The second-order valence-corrected chi connectivity index (χ2v) is 4.30. The van der Waals surface area contributed by atoms with E-state index < -0.39 is 5.97 Å². The predicted molar refractivity (Wildman–Crippen MR) is 56.8 cm³/mol. The van der Waals surface area contributed by atoms with Crippen LogP contribution in [0.4, 0.5) is 0 Å². The van der Waals surface area contributed by atoms with Crippen LogP contribution in [0.25, 0.3) is 0 Å². The zero-order valence-corrected chi connectivity index (χ0v) is 9.78. The number of hydrogen-bond donors (Lipinski definition) is 1. The van der Waals surface area contributed by atoms with Crippen molar-refractivity contribution in [2.45, 2.75) is 11.7 Å². The number of hydrogen-bond acceptors (Lipinski definition) is 5. The molecule has 0 spiro atoms. The second-order valence-electron chi connectivity index (χ2n) is 3.35. The fourth-order valence-corrected chi connectivity index (χ4v) is 1.67. The molecule has 6 nitrogen and oxygen atoms in total. The minimum absolute atomic E-state index is 0.00787. The van der Waals surface area contributed by atoms with Gasteiger partial charge in [0.1, 0.15) is 0 Å². The summed E-state index contributed by atoms with van der Waals surface area (Å²) in [4.78, 5) is 16.6. The second kappa shape index (κ2) is 5.13. The van der Waals surface area contributed by atoms with E-state index in [0.717, 1.165) is 0 Å².